The van der Waals surface area contributed by atoms with Gasteiger partial charge in [-0.25, -0.2) is 14.8 Å². The molecule has 0 unspecified atom stereocenters. The van der Waals surface area contributed by atoms with E-state index >= 15 is 0 Å². The van der Waals surface area contributed by atoms with Crippen molar-refractivity contribution in [3.05, 3.63) is 52.1 Å². The summed E-state index contributed by atoms with van der Waals surface area (Å²) >= 11 is 0. The van der Waals surface area contributed by atoms with Crippen molar-refractivity contribution in [1.82, 2.24) is 30.6 Å². The van der Waals surface area contributed by atoms with Gasteiger partial charge >= 0.3 is 18.1 Å². The molecule has 2 aromatic heterocycles. The van der Waals surface area contributed by atoms with Crippen molar-refractivity contribution in [2.75, 3.05) is 23.9 Å². The molecule has 3 aromatic rings. The highest BCUT2D eigenvalue weighted by molar-refractivity contribution is 5.99. The number of fused-ring (bicyclic) bond motifs is 1. The average Bonchev–Trinajstić information content (AvgIpc) is 3.10. The first-order valence-corrected chi connectivity index (χ1v) is 16.9. The summed E-state index contributed by atoms with van der Waals surface area (Å²) in [6, 6.07) is 3.43. The first kappa shape index (κ1) is 41.0. The highest BCUT2D eigenvalue weighted by Gasteiger charge is 2.43. The van der Waals surface area contributed by atoms with E-state index in [1.54, 1.807) is 13.8 Å². The minimum absolute atomic E-state index is 0.0404. The maximum atomic E-state index is 13.7. The zero-order chi connectivity index (χ0) is 38.4. The van der Waals surface area contributed by atoms with Crippen molar-refractivity contribution in [3.63, 3.8) is 0 Å². The molecule has 0 saturated heterocycles. The van der Waals surface area contributed by atoms with Crippen molar-refractivity contribution >= 4 is 52.4 Å². The van der Waals surface area contributed by atoms with Gasteiger partial charge in [0.05, 0.1) is 25.5 Å². The van der Waals surface area contributed by atoms with Gasteiger partial charge in [0, 0.05) is 30.1 Å². The summed E-state index contributed by atoms with van der Waals surface area (Å²) in [5, 5.41) is 7.77. The summed E-state index contributed by atoms with van der Waals surface area (Å²) < 4.78 is 45.8. The molecule has 1 atom stereocenters. The number of aromatic nitrogens is 4. The smallest absolute Gasteiger partial charge is 0.467 e. The minimum atomic E-state index is -5.30. The van der Waals surface area contributed by atoms with Gasteiger partial charge in [-0.3, -0.25) is 39.2 Å². The zero-order valence-electron chi connectivity index (χ0n) is 29.4. The largest absolute Gasteiger partial charge is 0.471 e. The third-order valence-corrected chi connectivity index (χ3v) is 7.77. The van der Waals surface area contributed by atoms with Crippen LogP contribution in [0.3, 0.4) is 0 Å². The Kier molecular flexibility index (Phi) is 15.2. The molecule has 1 aromatic carbocycles. The molecule has 0 aliphatic rings. The van der Waals surface area contributed by atoms with Crippen LogP contribution in [0.25, 0.3) is 11.2 Å². The number of methoxy groups -OCH3 is 1. The topological polar surface area (TPSA) is 205 Å². The standard InChI is InChI=1S/C34H43F3N8O7/c1-5-6-7-8-9-17-38-25(46)12-10-11-24(31(50)52-4)41-29(48)21-13-15-23(16-14-21)45(32(51)34(35,36)37)19-22-18-39-27-26(40-22)30(49)44-33(42-27)43-28(47)20(2)3/h13-16,18,20,24H,5-12,17,19H2,1-4H3,(H,38,46)(H,41,48)(H2,39,42,43,44,47,49)/t24-/m0/s1. The molecule has 0 radical (unpaired) electrons. The number of nitrogens with one attached hydrogen (secondary N) is 4. The SMILES string of the molecule is CCCCCCCNC(=O)CCC[C@H](NC(=O)c1ccc(N(Cc2cnc3nc(NC(=O)C(C)C)[nH]c(=O)c3n2)C(=O)C(F)(F)F)cc1)C(=O)OC. The van der Waals surface area contributed by atoms with E-state index in [-0.39, 0.29) is 59.2 Å². The molecule has 2 heterocycles. The summed E-state index contributed by atoms with van der Waals surface area (Å²) in [4.78, 5) is 89.5. The van der Waals surface area contributed by atoms with E-state index in [9.17, 15) is 41.9 Å². The fraction of sp³-hybridized carbons (Fsp3) is 0.500. The first-order chi connectivity index (χ1) is 24.6. The van der Waals surface area contributed by atoms with Crippen LogP contribution in [0, 0.1) is 5.92 Å². The van der Waals surface area contributed by atoms with Crippen LogP contribution in [0.4, 0.5) is 24.8 Å². The van der Waals surface area contributed by atoms with E-state index in [2.05, 4.69) is 42.8 Å². The number of aromatic amines is 1. The van der Waals surface area contributed by atoms with Gasteiger partial charge in [-0.05, 0) is 43.5 Å². The van der Waals surface area contributed by atoms with Crippen molar-refractivity contribution in [1.29, 1.82) is 0 Å². The fourth-order valence-electron chi connectivity index (χ4n) is 4.88. The number of alkyl halides is 3. The monoisotopic (exact) mass is 732 g/mol. The maximum absolute atomic E-state index is 13.7. The lowest BCUT2D eigenvalue weighted by Crippen LogP contribution is -2.42. The molecule has 4 amide bonds. The van der Waals surface area contributed by atoms with Crippen LogP contribution in [-0.4, -0.2) is 75.4 Å². The Hall–Kier alpha value is -5.42. The van der Waals surface area contributed by atoms with Gasteiger partial charge in [0.15, 0.2) is 11.2 Å². The summed E-state index contributed by atoms with van der Waals surface area (Å²) in [6.45, 7) is 5.15. The summed E-state index contributed by atoms with van der Waals surface area (Å²) in [6.07, 6.45) is 1.47. The number of carbonyl (C=O) groups is 5. The number of rotatable bonds is 18. The van der Waals surface area contributed by atoms with E-state index in [1.807, 2.05) is 0 Å². The molecule has 0 aliphatic carbocycles. The van der Waals surface area contributed by atoms with Crippen LogP contribution < -0.4 is 26.4 Å². The van der Waals surface area contributed by atoms with E-state index in [1.165, 1.54) is 0 Å². The molecular formula is C34H43F3N8O7. The number of halogens is 3. The normalized spacial score (nSPS) is 11.9. The Morgan fingerprint density at radius 2 is 1.67 bits per heavy atom. The highest BCUT2D eigenvalue weighted by atomic mass is 19.4. The second kappa shape index (κ2) is 19.3. The summed E-state index contributed by atoms with van der Waals surface area (Å²) in [5.41, 5.74) is -1.87. The van der Waals surface area contributed by atoms with Gasteiger partial charge in [0.25, 0.3) is 11.5 Å². The van der Waals surface area contributed by atoms with E-state index in [0.717, 1.165) is 69.7 Å². The van der Waals surface area contributed by atoms with Crippen LogP contribution >= 0.6 is 0 Å². The lowest BCUT2D eigenvalue weighted by atomic mass is 10.1. The third-order valence-electron chi connectivity index (χ3n) is 7.77. The molecule has 282 valence electrons. The van der Waals surface area contributed by atoms with Gasteiger partial charge in [-0.1, -0.05) is 46.5 Å². The van der Waals surface area contributed by atoms with E-state index in [0.29, 0.717) is 11.4 Å². The third kappa shape index (κ3) is 12.1. The van der Waals surface area contributed by atoms with E-state index in [4.69, 9.17) is 4.74 Å². The number of anilines is 2. The average molecular weight is 733 g/mol. The number of ether oxygens (including phenoxy) is 1. The molecule has 3 rings (SSSR count). The second-order valence-corrected chi connectivity index (χ2v) is 12.2. The highest BCUT2D eigenvalue weighted by Crippen LogP contribution is 2.26. The Morgan fingerprint density at radius 3 is 2.31 bits per heavy atom. The lowest BCUT2D eigenvalue weighted by molar-refractivity contribution is -0.170. The molecule has 0 fully saturated rings. The molecule has 4 N–H and O–H groups in total. The maximum Gasteiger partial charge on any atom is 0.471 e. The number of esters is 1. The molecule has 18 heteroatoms. The number of hydrogen-bond acceptors (Lipinski definition) is 10. The predicted octanol–water partition coefficient (Wildman–Crippen LogP) is 3.93. The summed E-state index contributed by atoms with van der Waals surface area (Å²) in [5.74, 6) is -4.97. The number of amides is 4. The Morgan fingerprint density at radius 1 is 0.981 bits per heavy atom. The van der Waals surface area contributed by atoms with Crippen molar-refractivity contribution in [3.8, 4) is 0 Å². The molecule has 52 heavy (non-hydrogen) atoms. The van der Waals surface area contributed by atoms with Gasteiger partial charge in [-0.15, -0.1) is 0 Å². The van der Waals surface area contributed by atoms with Gasteiger partial charge in [-0.2, -0.15) is 18.2 Å². The zero-order valence-corrected chi connectivity index (χ0v) is 29.4. The van der Waals surface area contributed by atoms with Gasteiger partial charge < -0.3 is 15.4 Å². The number of nitrogens with zero attached hydrogens (tertiary/aromatic N) is 4. The minimum Gasteiger partial charge on any atom is -0.467 e. The fourth-order valence-corrected chi connectivity index (χ4v) is 4.88. The Balaban J connectivity index is 1.71. The van der Waals surface area contributed by atoms with Crippen LogP contribution in [0.5, 0.6) is 0 Å². The predicted molar refractivity (Wildman–Crippen MR) is 184 cm³/mol. The van der Waals surface area contributed by atoms with Crippen molar-refractivity contribution in [2.24, 2.45) is 5.92 Å². The quantitative estimate of drug-likeness (QED) is 0.110. The van der Waals surface area contributed by atoms with Gasteiger partial charge in [0.1, 0.15) is 6.04 Å². The summed E-state index contributed by atoms with van der Waals surface area (Å²) in [7, 11) is 1.14. The molecule has 0 aliphatic heterocycles. The molecule has 0 spiro atoms. The Bertz CT molecular complexity index is 1780. The van der Waals surface area contributed by atoms with Crippen molar-refractivity contribution < 1.29 is 41.9 Å². The van der Waals surface area contributed by atoms with Crippen molar-refractivity contribution in [2.45, 2.75) is 90.9 Å². The second-order valence-electron chi connectivity index (χ2n) is 12.2. The Labute approximate surface area is 297 Å². The van der Waals surface area contributed by atoms with Crippen LogP contribution in [-0.2, 0) is 30.5 Å². The number of hydrogen-bond donors (Lipinski definition) is 4. The molecule has 0 saturated carbocycles. The van der Waals surface area contributed by atoms with Gasteiger partial charge in [0.2, 0.25) is 17.8 Å². The number of carbonyl (C=O) groups excluding carboxylic acids is 5. The molecular weight excluding hydrogens is 689 g/mol. The van der Waals surface area contributed by atoms with Crippen LogP contribution in [0.1, 0.15) is 88.2 Å². The molecule has 0 bridgehead atoms. The number of benzene rings is 1. The lowest BCUT2D eigenvalue weighted by Gasteiger charge is -2.24. The number of unbranched alkanes of at least 4 members (excludes halogenated alkanes) is 4. The van der Waals surface area contributed by atoms with E-state index < -0.39 is 53.9 Å². The molecule has 15 nitrogen and oxygen atoms in total. The number of H-pyrrole nitrogens is 1. The first-order valence-electron chi connectivity index (χ1n) is 16.9. The van der Waals surface area contributed by atoms with Crippen LogP contribution in [0.2, 0.25) is 0 Å². The van der Waals surface area contributed by atoms with Crippen LogP contribution in [0.15, 0.2) is 35.3 Å².